The first-order valence-electron chi connectivity index (χ1n) is 10.9. The van der Waals surface area contributed by atoms with Gasteiger partial charge in [-0.1, -0.05) is 49.7 Å². The molecule has 2 aliphatic heterocycles. The van der Waals surface area contributed by atoms with Gasteiger partial charge in [0.25, 0.3) is 10.0 Å². The van der Waals surface area contributed by atoms with Crippen LogP contribution in [-0.2, 0) is 26.0 Å². The van der Waals surface area contributed by atoms with Gasteiger partial charge in [-0.05, 0) is 37.0 Å². The Balaban J connectivity index is 1.38. The normalized spacial score (nSPS) is 19.2. The number of likely N-dealkylation sites (tertiary alicyclic amines) is 1. The lowest BCUT2D eigenvalue weighted by Gasteiger charge is -2.32. The van der Waals surface area contributed by atoms with Gasteiger partial charge in [0.1, 0.15) is 4.90 Å². The number of piperidine rings is 1. The van der Waals surface area contributed by atoms with Crippen molar-refractivity contribution in [2.75, 3.05) is 19.7 Å². The minimum absolute atomic E-state index is 0.190. The van der Waals surface area contributed by atoms with Gasteiger partial charge in [0, 0.05) is 24.2 Å². The number of fused-ring (bicyclic) bond motifs is 1. The van der Waals surface area contributed by atoms with Crippen molar-refractivity contribution >= 4 is 27.6 Å². The van der Waals surface area contributed by atoms with E-state index in [1.54, 1.807) is 30.3 Å². The molecule has 0 amide bonds. The number of nitrogens with zero attached hydrogens (tertiary/aromatic N) is 2. The number of benzene rings is 2. The van der Waals surface area contributed by atoms with E-state index in [-0.39, 0.29) is 17.3 Å². The Bertz CT molecular complexity index is 1160. The van der Waals surface area contributed by atoms with Crippen molar-refractivity contribution in [1.29, 1.82) is 0 Å². The second kappa shape index (κ2) is 9.24. The summed E-state index contributed by atoms with van der Waals surface area (Å²) in [6, 6.07) is 14.1. The number of ketones is 1. The number of esters is 1. The van der Waals surface area contributed by atoms with Crippen LogP contribution in [-0.4, -0.2) is 50.6 Å². The lowest BCUT2D eigenvalue weighted by atomic mass is 9.97. The number of rotatable bonds is 6. The summed E-state index contributed by atoms with van der Waals surface area (Å²) in [5.74, 6) is -0.752. The molecule has 4 rings (SSSR count). The molecule has 0 spiro atoms. The predicted molar refractivity (Wildman–Crippen MR) is 120 cm³/mol. The van der Waals surface area contributed by atoms with E-state index in [0.717, 1.165) is 12.8 Å². The first-order chi connectivity index (χ1) is 15.4. The zero-order valence-corrected chi connectivity index (χ0v) is 18.8. The summed E-state index contributed by atoms with van der Waals surface area (Å²) in [6.45, 7) is 2.71. The fourth-order valence-electron chi connectivity index (χ4n) is 4.16. The van der Waals surface area contributed by atoms with Crippen LogP contribution in [0.3, 0.4) is 0 Å². The van der Waals surface area contributed by atoms with Crippen LogP contribution < -0.4 is 0 Å². The second-order valence-electron chi connectivity index (χ2n) is 8.15. The number of hydrogen-bond donors (Lipinski definition) is 0. The Labute approximate surface area is 188 Å². The van der Waals surface area contributed by atoms with Gasteiger partial charge < -0.3 is 9.64 Å². The maximum Gasteiger partial charge on any atom is 0.311 e. The maximum absolute atomic E-state index is 12.6. The van der Waals surface area contributed by atoms with Crippen molar-refractivity contribution in [2.24, 2.45) is 10.3 Å². The third-order valence-corrected chi connectivity index (χ3v) is 7.15. The van der Waals surface area contributed by atoms with Gasteiger partial charge in [0.05, 0.1) is 5.92 Å². The first kappa shape index (κ1) is 22.2. The van der Waals surface area contributed by atoms with Crippen LogP contribution in [0, 0.1) is 5.92 Å². The fraction of sp³-hybridized carbons (Fsp3) is 0.375. The summed E-state index contributed by atoms with van der Waals surface area (Å²) in [6.07, 6.45) is 3.32. The summed E-state index contributed by atoms with van der Waals surface area (Å²) in [5, 5.41) is 0. The van der Waals surface area contributed by atoms with Crippen LogP contribution in [0.1, 0.15) is 47.7 Å². The van der Waals surface area contributed by atoms with Crippen molar-refractivity contribution in [2.45, 2.75) is 37.5 Å². The fourth-order valence-corrected chi connectivity index (χ4v) is 5.39. The average molecular weight is 455 g/mol. The third kappa shape index (κ3) is 4.60. The SMILES string of the molecule is CCCc1ccc(C(=O)COC(=O)C2CCCN(C3=NS(=O)(=O)c4ccccc43)C2)cc1. The molecule has 0 aromatic heterocycles. The van der Waals surface area contributed by atoms with E-state index in [0.29, 0.717) is 42.9 Å². The summed E-state index contributed by atoms with van der Waals surface area (Å²) < 4.78 is 34.0. The number of ether oxygens (including phenoxy) is 1. The monoisotopic (exact) mass is 454 g/mol. The molecule has 168 valence electrons. The molecule has 2 aromatic rings. The number of carbonyl (C=O) groups is 2. The standard InChI is InChI=1S/C24H26N2O5S/c1-2-6-17-10-12-18(13-11-17)21(27)16-31-24(28)19-7-5-14-26(15-19)23-20-8-3-4-9-22(20)32(29,30)25-23/h3-4,8-13,19H,2,5-7,14-16H2,1H3. The molecule has 32 heavy (non-hydrogen) atoms. The number of Topliss-reactive ketones (excluding diaryl/α,β-unsaturated/α-hetero) is 1. The molecule has 1 fully saturated rings. The van der Waals surface area contributed by atoms with Crippen LogP contribution in [0.5, 0.6) is 0 Å². The van der Waals surface area contributed by atoms with Crippen LogP contribution in [0.2, 0.25) is 0 Å². The highest BCUT2D eigenvalue weighted by Crippen LogP contribution is 2.30. The predicted octanol–water partition coefficient (Wildman–Crippen LogP) is 3.23. The molecule has 0 bridgehead atoms. The molecule has 1 atom stereocenters. The third-order valence-electron chi connectivity index (χ3n) is 5.83. The highest BCUT2D eigenvalue weighted by atomic mass is 32.2. The number of aryl methyl sites for hydroxylation is 1. The van der Waals surface area contributed by atoms with Crippen molar-refractivity contribution in [3.8, 4) is 0 Å². The Kier molecular flexibility index (Phi) is 6.41. The molecule has 2 aromatic carbocycles. The van der Waals surface area contributed by atoms with E-state index in [1.807, 2.05) is 17.0 Å². The zero-order chi connectivity index (χ0) is 22.7. The zero-order valence-electron chi connectivity index (χ0n) is 18.0. The maximum atomic E-state index is 12.6. The molecule has 2 heterocycles. The van der Waals surface area contributed by atoms with E-state index in [4.69, 9.17) is 4.74 Å². The van der Waals surface area contributed by atoms with E-state index < -0.39 is 21.9 Å². The van der Waals surface area contributed by atoms with E-state index in [1.165, 1.54) is 11.6 Å². The Morgan fingerprint density at radius 1 is 1.12 bits per heavy atom. The van der Waals surface area contributed by atoms with Crippen LogP contribution in [0.15, 0.2) is 57.8 Å². The molecule has 1 unspecified atom stereocenters. The molecular weight excluding hydrogens is 428 g/mol. The summed E-state index contributed by atoms with van der Waals surface area (Å²) in [5.41, 5.74) is 2.25. The van der Waals surface area contributed by atoms with E-state index in [2.05, 4.69) is 11.3 Å². The lowest BCUT2D eigenvalue weighted by Crippen LogP contribution is -2.43. The molecule has 0 saturated carbocycles. The van der Waals surface area contributed by atoms with Crippen LogP contribution in [0.25, 0.3) is 0 Å². The molecule has 2 aliphatic rings. The summed E-state index contributed by atoms with van der Waals surface area (Å²) in [7, 11) is -3.72. The van der Waals surface area contributed by atoms with Gasteiger partial charge in [0.15, 0.2) is 18.2 Å². The minimum Gasteiger partial charge on any atom is -0.457 e. The number of hydrogen-bond acceptors (Lipinski definition) is 6. The minimum atomic E-state index is -3.72. The van der Waals surface area contributed by atoms with Crippen LogP contribution >= 0.6 is 0 Å². The van der Waals surface area contributed by atoms with Gasteiger partial charge >= 0.3 is 5.97 Å². The van der Waals surface area contributed by atoms with Crippen molar-refractivity contribution in [1.82, 2.24) is 4.90 Å². The average Bonchev–Trinajstić information content (AvgIpc) is 3.09. The number of sulfonamides is 1. The Hall–Kier alpha value is -3.00. The molecule has 8 heteroatoms. The van der Waals surface area contributed by atoms with Gasteiger partial charge in [-0.15, -0.1) is 4.40 Å². The van der Waals surface area contributed by atoms with Gasteiger partial charge in [-0.2, -0.15) is 8.42 Å². The summed E-state index contributed by atoms with van der Waals surface area (Å²) >= 11 is 0. The molecule has 0 N–H and O–H groups in total. The summed E-state index contributed by atoms with van der Waals surface area (Å²) in [4.78, 5) is 27.1. The largest absolute Gasteiger partial charge is 0.457 e. The van der Waals surface area contributed by atoms with Crippen molar-refractivity contribution < 1.29 is 22.7 Å². The van der Waals surface area contributed by atoms with Gasteiger partial charge in [0.2, 0.25) is 0 Å². The van der Waals surface area contributed by atoms with E-state index >= 15 is 0 Å². The number of amidine groups is 1. The molecule has 7 nitrogen and oxygen atoms in total. The Morgan fingerprint density at radius 2 is 1.88 bits per heavy atom. The second-order valence-corrected chi connectivity index (χ2v) is 9.72. The van der Waals surface area contributed by atoms with Gasteiger partial charge in [-0.3, -0.25) is 9.59 Å². The molecule has 0 aliphatic carbocycles. The number of carbonyl (C=O) groups excluding carboxylic acids is 2. The molecule has 0 radical (unpaired) electrons. The smallest absolute Gasteiger partial charge is 0.311 e. The molecular formula is C24H26N2O5S. The van der Waals surface area contributed by atoms with E-state index in [9.17, 15) is 18.0 Å². The highest BCUT2D eigenvalue weighted by molar-refractivity contribution is 7.90. The lowest BCUT2D eigenvalue weighted by molar-refractivity contribution is -0.148. The van der Waals surface area contributed by atoms with Gasteiger partial charge in [-0.25, -0.2) is 0 Å². The topological polar surface area (TPSA) is 93.1 Å². The highest BCUT2D eigenvalue weighted by Gasteiger charge is 2.35. The Morgan fingerprint density at radius 3 is 2.62 bits per heavy atom. The quantitative estimate of drug-likeness (QED) is 0.491. The first-order valence-corrected chi connectivity index (χ1v) is 12.3. The van der Waals surface area contributed by atoms with Crippen LogP contribution in [0.4, 0.5) is 0 Å². The van der Waals surface area contributed by atoms with Crippen molar-refractivity contribution in [3.05, 3.63) is 65.2 Å². The molecule has 1 saturated heterocycles. The van der Waals surface area contributed by atoms with Crippen molar-refractivity contribution in [3.63, 3.8) is 0 Å².